The molecule has 3 aromatic rings. The Balaban J connectivity index is 2.17. The Hall–Kier alpha value is -2.55. The van der Waals surface area contributed by atoms with Crippen LogP contribution in [0.4, 0.5) is 0 Å². The van der Waals surface area contributed by atoms with E-state index in [-0.39, 0.29) is 5.95 Å². The molecule has 0 amide bonds. The number of para-hydroxylation sites is 1. The number of oxazole rings is 1. The number of benzene rings is 2. The molecule has 0 aliphatic heterocycles. The smallest absolute Gasteiger partial charge is 0.389 e. The highest BCUT2D eigenvalue weighted by molar-refractivity contribution is 5.50. The quantitative estimate of drug-likeness (QED) is 0.697. The van der Waals surface area contributed by atoms with Gasteiger partial charge < -0.3 is 9.52 Å². The minimum atomic E-state index is -0.0993. The van der Waals surface area contributed by atoms with Gasteiger partial charge in [0.25, 0.3) is 6.20 Å². The van der Waals surface area contributed by atoms with Gasteiger partial charge in [-0.1, -0.05) is 36.4 Å². The van der Waals surface area contributed by atoms with Gasteiger partial charge in [0.05, 0.1) is 5.56 Å². The van der Waals surface area contributed by atoms with Crippen LogP contribution >= 0.6 is 0 Å². The molecule has 0 bridgehead atoms. The number of nitrogens with zero attached hydrogens (tertiary/aromatic N) is 1. The molecule has 0 radical (unpaired) electrons. The second-order valence-corrected chi connectivity index (χ2v) is 3.95. The molecule has 0 aliphatic carbocycles. The minimum absolute atomic E-state index is 0.0993. The Bertz CT molecular complexity index is 588. The van der Waals surface area contributed by atoms with Gasteiger partial charge in [-0.25, -0.2) is 0 Å². The Morgan fingerprint density at radius 2 is 1.44 bits per heavy atom. The third kappa shape index (κ3) is 1.86. The summed E-state index contributed by atoms with van der Waals surface area (Å²) in [5.74, 6) is 0.511. The van der Waals surface area contributed by atoms with Crippen LogP contribution in [0.1, 0.15) is 0 Å². The third-order valence-corrected chi connectivity index (χ3v) is 2.71. The zero-order chi connectivity index (χ0) is 12.4. The zero-order valence-electron chi connectivity index (χ0n) is 9.65. The van der Waals surface area contributed by atoms with Gasteiger partial charge in [0.2, 0.25) is 5.69 Å². The molecule has 1 aromatic heterocycles. The van der Waals surface area contributed by atoms with Gasteiger partial charge in [-0.15, -0.1) is 4.57 Å². The number of aromatic hydroxyl groups is 1. The molecule has 0 atom stereocenters. The molecule has 18 heavy (non-hydrogen) atoms. The van der Waals surface area contributed by atoms with Crippen LogP contribution in [0.5, 0.6) is 5.95 Å². The van der Waals surface area contributed by atoms with E-state index in [0.717, 1.165) is 11.3 Å². The SMILES string of the molecule is Oc1c[n+](-c2ccccc2)c(-c2ccccc2)o1. The van der Waals surface area contributed by atoms with Crippen molar-refractivity contribution in [1.82, 2.24) is 0 Å². The summed E-state index contributed by atoms with van der Waals surface area (Å²) in [4.78, 5) is 0. The lowest BCUT2D eigenvalue weighted by atomic mass is 10.2. The highest BCUT2D eigenvalue weighted by Gasteiger charge is 2.22. The van der Waals surface area contributed by atoms with E-state index < -0.39 is 0 Å². The van der Waals surface area contributed by atoms with E-state index in [1.54, 1.807) is 6.20 Å². The van der Waals surface area contributed by atoms with E-state index in [9.17, 15) is 5.11 Å². The van der Waals surface area contributed by atoms with Crippen molar-refractivity contribution in [2.45, 2.75) is 0 Å². The van der Waals surface area contributed by atoms with Crippen molar-refractivity contribution in [2.75, 3.05) is 0 Å². The first-order chi connectivity index (χ1) is 8.84. The Morgan fingerprint density at radius 1 is 0.833 bits per heavy atom. The van der Waals surface area contributed by atoms with Gasteiger partial charge in [-0.3, -0.25) is 0 Å². The number of hydrogen-bond acceptors (Lipinski definition) is 2. The molecule has 1 N–H and O–H groups in total. The highest BCUT2D eigenvalue weighted by Crippen LogP contribution is 2.22. The molecular weight excluding hydrogens is 226 g/mol. The molecule has 3 nitrogen and oxygen atoms in total. The summed E-state index contributed by atoms with van der Waals surface area (Å²) in [6.07, 6.45) is 1.57. The van der Waals surface area contributed by atoms with Gasteiger partial charge in [-0.2, -0.15) is 0 Å². The van der Waals surface area contributed by atoms with Crippen molar-refractivity contribution in [2.24, 2.45) is 0 Å². The minimum Gasteiger partial charge on any atom is -0.476 e. The first-order valence-corrected chi connectivity index (χ1v) is 5.70. The summed E-state index contributed by atoms with van der Waals surface area (Å²) < 4.78 is 7.20. The second kappa shape index (κ2) is 4.37. The summed E-state index contributed by atoms with van der Waals surface area (Å²) in [6, 6.07) is 19.5. The number of rotatable bonds is 2. The van der Waals surface area contributed by atoms with E-state index in [0.29, 0.717) is 5.89 Å². The number of aromatic nitrogens is 1. The summed E-state index contributed by atoms with van der Waals surface area (Å²) in [5, 5.41) is 9.57. The van der Waals surface area contributed by atoms with Gasteiger partial charge in [-0.05, 0) is 12.1 Å². The first kappa shape index (κ1) is 10.6. The highest BCUT2D eigenvalue weighted by atomic mass is 16.5. The molecule has 0 fully saturated rings. The third-order valence-electron chi connectivity index (χ3n) is 2.71. The van der Waals surface area contributed by atoms with Crippen molar-refractivity contribution in [3.05, 3.63) is 66.9 Å². The monoisotopic (exact) mass is 238 g/mol. The maximum Gasteiger partial charge on any atom is 0.389 e. The van der Waals surface area contributed by atoms with Crippen molar-refractivity contribution in [1.29, 1.82) is 0 Å². The van der Waals surface area contributed by atoms with Crippen molar-refractivity contribution in [3.8, 4) is 23.1 Å². The fourth-order valence-corrected chi connectivity index (χ4v) is 1.90. The predicted molar refractivity (Wildman–Crippen MR) is 67.3 cm³/mol. The predicted octanol–water partition coefficient (Wildman–Crippen LogP) is 2.93. The average Bonchev–Trinajstić information content (AvgIpc) is 2.83. The standard InChI is InChI=1S/C15H11NO2/c17-14-11-16(13-9-5-2-6-10-13)15(18-14)12-7-3-1-4-8-12/h1-11H/p+1. The molecule has 0 aliphatic rings. The van der Waals surface area contributed by atoms with E-state index >= 15 is 0 Å². The maximum absolute atomic E-state index is 9.57. The van der Waals surface area contributed by atoms with Gasteiger partial charge in [0.15, 0.2) is 0 Å². The van der Waals surface area contributed by atoms with Crippen LogP contribution in [-0.2, 0) is 0 Å². The summed E-state index contributed by atoms with van der Waals surface area (Å²) >= 11 is 0. The average molecular weight is 238 g/mol. The number of hydrogen-bond donors (Lipinski definition) is 1. The lowest BCUT2D eigenvalue weighted by molar-refractivity contribution is -0.586. The zero-order valence-corrected chi connectivity index (χ0v) is 9.65. The first-order valence-electron chi connectivity index (χ1n) is 5.70. The van der Waals surface area contributed by atoms with E-state index in [2.05, 4.69) is 0 Å². The Kier molecular flexibility index (Phi) is 2.57. The maximum atomic E-state index is 9.57. The van der Waals surface area contributed by atoms with Crippen LogP contribution in [0.3, 0.4) is 0 Å². The molecule has 0 saturated heterocycles. The summed E-state index contributed by atoms with van der Waals surface area (Å²) in [6.45, 7) is 0. The molecule has 0 unspecified atom stereocenters. The largest absolute Gasteiger partial charge is 0.476 e. The van der Waals surface area contributed by atoms with Crippen molar-refractivity contribution < 1.29 is 14.1 Å². The molecule has 2 aromatic carbocycles. The van der Waals surface area contributed by atoms with Gasteiger partial charge in [0.1, 0.15) is 0 Å². The van der Waals surface area contributed by atoms with Gasteiger partial charge >= 0.3 is 11.8 Å². The molecule has 3 rings (SSSR count). The normalized spacial score (nSPS) is 10.4. The Morgan fingerprint density at radius 3 is 2.11 bits per heavy atom. The van der Waals surface area contributed by atoms with Crippen molar-refractivity contribution in [3.63, 3.8) is 0 Å². The molecule has 1 heterocycles. The van der Waals surface area contributed by atoms with E-state index in [1.165, 1.54) is 0 Å². The van der Waals surface area contributed by atoms with E-state index in [1.807, 2.05) is 65.2 Å². The van der Waals surface area contributed by atoms with Crippen LogP contribution < -0.4 is 4.57 Å². The Labute approximate surface area is 105 Å². The topological polar surface area (TPSA) is 37.2 Å². The van der Waals surface area contributed by atoms with Crippen LogP contribution in [-0.4, -0.2) is 5.11 Å². The van der Waals surface area contributed by atoms with Crippen LogP contribution in [0.25, 0.3) is 17.1 Å². The summed E-state index contributed by atoms with van der Waals surface area (Å²) in [7, 11) is 0. The molecule has 3 heteroatoms. The van der Waals surface area contributed by atoms with Crippen LogP contribution in [0.15, 0.2) is 71.3 Å². The molecular formula is C15H12NO2+. The fraction of sp³-hybridized carbons (Fsp3) is 0. The van der Waals surface area contributed by atoms with Crippen molar-refractivity contribution >= 4 is 0 Å². The van der Waals surface area contributed by atoms with Crippen LogP contribution in [0, 0.1) is 0 Å². The molecule has 88 valence electrons. The fourth-order valence-electron chi connectivity index (χ4n) is 1.90. The lowest BCUT2D eigenvalue weighted by Gasteiger charge is -1.95. The van der Waals surface area contributed by atoms with Crippen LogP contribution in [0.2, 0.25) is 0 Å². The van der Waals surface area contributed by atoms with E-state index in [4.69, 9.17) is 4.42 Å². The molecule has 0 spiro atoms. The second-order valence-electron chi connectivity index (χ2n) is 3.95. The molecule has 0 saturated carbocycles. The van der Waals surface area contributed by atoms with Gasteiger partial charge in [0, 0.05) is 12.1 Å². The lowest BCUT2D eigenvalue weighted by Crippen LogP contribution is -2.29. The summed E-state index contributed by atoms with van der Waals surface area (Å²) in [5.41, 5.74) is 1.86.